The van der Waals surface area contributed by atoms with Crippen LogP contribution in [-0.2, 0) is 0 Å². The highest BCUT2D eigenvalue weighted by Crippen LogP contribution is 2.31. The molecule has 11 heavy (non-hydrogen) atoms. The molecule has 2 rings (SSSR count). The predicted molar refractivity (Wildman–Crippen MR) is 43.4 cm³/mol. The summed E-state index contributed by atoms with van der Waals surface area (Å²) in [6.07, 6.45) is 0. The van der Waals surface area contributed by atoms with Gasteiger partial charge in [-0.15, -0.1) is 0 Å². The first-order valence-electron chi connectivity index (χ1n) is 3.14. The van der Waals surface area contributed by atoms with Gasteiger partial charge in [-0.1, -0.05) is 17.4 Å². The summed E-state index contributed by atoms with van der Waals surface area (Å²) >= 11 is 1.18. The first kappa shape index (κ1) is 6.61. The molecule has 0 fully saturated rings. The van der Waals surface area contributed by atoms with Crippen LogP contribution in [0.15, 0.2) is 24.3 Å². The van der Waals surface area contributed by atoms with Crippen LogP contribution >= 0.6 is 11.3 Å². The lowest BCUT2D eigenvalue weighted by Gasteiger charge is -1.87. The maximum absolute atomic E-state index is 12.9. The Kier molecular flexibility index (Phi) is 1.32. The number of fused-ring (bicyclic) bond motifs is 1. The molecule has 0 spiro atoms. The van der Waals surface area contributed by atoms with Crippen LogP contribution in [0, 0.1) is 5.82 Å². The summed E-state index contributed by atoms with van der Waals surface area (Å²) in [5.74, 6) is -0.279. The Morgan fingerprint density at radius 3 is 2.91 bits per heavy atom. The molecule has 1 aromatic heterocycles. The summed E-state index contributed by atoms with van der Waals surface area (Å²) in [4.78, 5) is 0. The van der Waals surface area contributed by atoms with Crippen LogP contribution in [0.2, 0.25) is 0 Å². The number of thiophene rings is 1. The van der Waals surface area contributed by atoms with Gasteiger partial charge in [-0.05, 0) is 12.1 Å². The SMILES string of the molecule is Oc1cc2c(F)cccc2s1. The molecule has 0 amide bonds. The van der Waals surface area contributed by atoms with Gasteiger partial charge in [0.25, 0.3) is 0 Å². The van der Waals surface area contributed by atoms with Gasteiger partial charge in [0.05, 0.1) is 0 Å². The van der Waals surface area contributed by atoms with Gasteiger partial charge in [-0.25, -0.2) is 4.39 Å². The third kappa shape index (κ3) is 0.973. The van der Waals surface area contributed by atoms with Crippen LogP contribution < -0.4 is 0 Å². The number of hydrogen-bond acceptors (Lipinski definition) is 2. The van der Waals surface area contributed by atoms with Crippen molar-refractivity contribution < 1.29 is 9.50 Å². The van der Waals surface area contributed by atoms with Crippen molar-refractivity contribution in [3.63, 3.8) is 0 Å². The minimum Gasteiger partial charge on any atom is -0.499 e. The van der Waals surface area contributed by atoms with Crippen molar-refractivity contribution in [1.29, 1.82) is 0 Å². The fraction of sp³-hybridized carbons (Fsp3) is 0. The molecule has 1 aromatic carbocycles. The molecular weight excluding hydrogens is 163 g/mol. The first-order chi connectivity index (χ1) is 5.27. The number of halogens is 1. The lowest BCUT2D eigenvalue weighted by Crippen LogP contribution is -1.70. The van der Waals surface area contributed by atoms with Crippen molar-refractivity contribution in [2.75, 3.05) is 0 Å². The summed E-state index contributed by atoms with van der Waals surface area (Å²) in [5.41, 5.74) is 0. The van der Waals surface area contributed by atoms with E-state index >= 15 is 0 Å². The van der Waals surface area contributed by atoms with Crippen LogP contribution in [0.5, 0.6) is 5.06 Å². The number of rotatable bonds is 0. The van der Waals surface area contributed by atoms with Gasteiger partial charge in [-0.3, -0.25) is 0 Å². The van der Waals surface area contributed by atoms with Crippen LogP contribution in [0.1, 0.15) is 0 Å². The van der Waals surface area contributed by atoms with Crippen molar-refractivity contribution in [3.05, 3.63) is 30.1 Å². The Bertz CT molecular complexity index is 394. The molecule has 0 bridgehead atoms. The van der Waals surface area contributed by atoms with Crippen LogP contribution in [0.25, 0.3) is 10.1 Å². The fourth-order valence-electron chi connectivity index (χ4n) is 1.01. The Balaban J connectivity index is 2.90. The van der Waals surface area contributed by atoms with Crippen LogP contribution in [0.4, 0.5) is 4.39 Å². The molecule has 1 heterocycles. The number of benzene rings is 1. The molecule has 0 radical (unpaired) electrons. The molecule has 0 atom stereocenters. The maximum Gasteiger partial charge on any atom is 0.172 e. The average Bonchev–Trinajstić information content (AvgIpc) is 2.31. The Hall–Kier alpha value is -1.09. The van der Waals surface area contributed by atoms with Gasteiger partial charge in [0.15, 0.2) is 5.06 Å². The number of aromatic hydroxyl groups is 1. The smallest absolute Gasteiger partial charge is 0.172 e. The second-order valence-electron chi connectivity index (χ2n) is 2.24. The van der Waals surface area contributed by atoms with Gasteiger partial charge in [0.1, 0.15) is 5.82 Å². The Morgan fingerprint density at radius 2 is 2.18 bits per heavy atom. The second kappa shape index (κ2) is 2.20. The van der Waals surface area contributed by atoms with Crippen molar-refractivity contribution in [1.82, 2.24) is 0 Å². The molecule has 0 saturated heterocycles. The zero-order valence-corrected chi connectivity index (χ0v) is 6.36. The summed E-state index contributed by atoms with van der Waals surface area (Å²) in [6, 6.07) is 6.24. The van der Waals surface area contributed by atoms with E-state index in [-0.39, 0.29) is 10.9 Å². The van der Waals surface area contributed by atoms with Crippen molar-refractivity contribution in [3.8, 4) is 5.06 Å². The molecule has 1 N–H and O–H groups in total. The molecule has 1 nitrogen and oxygen atoms in total. The van der Waals surface area contributed by atoms with E-state index in [0.29, 0.717) is 5.39 Å². The van der Waals surface area contributed by atoms with Gasteiger partial charge >= 0.3 is 0 Å². The largest absolute Gasteiger partial charge is 0.499 e. The molecule has 56 valence electrons. The van der Waals surface area contributed by atoms with E-state index in [1.807, 2.05) is 0 Å². The summed E-state index contributed by atoms with van der Waals surface area (Å²) < 4.78 is 13.7. The topological polar surface area (TPSA) is 20.2 Å². The van der Waals surface area contributed by atoms with Crippen molar-refractivity contribution >= 4 is 21.4 Å². The standard InChI is InChI=1S/C8H5FOS/c9-6-2-1-3-7-5(6)4-8(10)11-7/h1-4,10H. The minimum absolute atomic E-state index is 0.157. The Morgan fingerprint density at radius 1 is 1.36 bits per heavy atom. The van der Waals surface area contributed by atoms with Gasteiger partial charge < -0.3 is 5.11 Å². The van der Waals surface area contributed by atoms with E-state index in [1.165, 1.54) is 23.5 Å². The van der Waals surface area contributed by atoms with Crippen molar-refractivity contribution in [2.24, 2.45) is 0 Å². The zero-order valence-electron chi connectivity index (χ0n) is 5.54. The highest BCUT2D eigenvalue weighted by molar-refractivity contribution is 7.20. The minimum atomic E-state index is -0.279. The molecule has 0 aliphatic rings. The monoisotopic (exact) mass is 168 g/mol. The summed E-state index contributed by atoms with van der Waals surface area (Å²) in [7, 11) is 0. The molecule has 0 aliphatic heterocycles. The lowest BCUT2D eigenvalue weighted by atomic mass is 10.2. The molecule has 0 saturated carbocycles. The van der Waals surface area contributed by atoms with E-state index in [2.05, 4.69) is 0 Å². The number of hydrogen-bond donors (Lipinski definition) is 1. The Labute approximate surface area is 66.7 Å². The van der Waals surface area contributed by atoms with E-state index in [4.69, 9.17) is 5.11 Å². The van der Waals surface area contributed by atoms with E-state index in [0.717, 1.165) is 4.70 Å². The van der Waals surface area contributed by atoms with Gasteiger partial charge in [-0.2, -0.15) is 0 Å². The van der Waals surface area contributed by atoms with E-state index < -0.39 is 0 Å². The first-order valence-corrected chi connectivity index (χ1v) is 3.96. The highest BCUT2D eigenvalue weighted by Gasteiger charge is 2.03. The summed E-state index contributed by atoms with van der Waals surface area (Å²) in [5, 5.41) is 9.69. The van der Waals surface area contributed by atoms with Crippen LogP contribution in [0.3, 0.4) is 0 Å². The van der Waals surface area contributed by atoms with Crippen LogP contribution in [-0.4, -0.2) is 5.11 Å². The maximum atomic E-state index is 12.9. The fourth-order valence-corrected chi connectivity index (χ4v) is 1.83. The predicted octanol–water partition coefficient (Wildman–Crippen LogP) is 2.75. The highest BCUT2D eigenvalue weighted by atomic mass is 32.1. The van der Waals surface area contributed by atoms with E-state index in [9.17, 15) is 4.39 Å². The summed E-state index contributed by atoms with van der Waals surface area (Å²) in [6.45, 7) is 0. The molecule has 3 heteroatoms. The quantitative estimate of drug-likeness (QED) is 0.641. The third-order valence-electron chi connectivity index (χ3n) is 1.50. The zero-order chi connectivity index (χ0) is 7.84. The second-order valence-corrected chi connectivity index (χ2v) is 3.30. The molecule has 2 aromatic rings. The molecule has 0 aliphatic carbocycles. The normalized spacial score (nSPS) is 10.6. The lowest BCUT2D eigenvalue weighted by molar-refractivity contribution is 0.491. The average molecular weight is 168 g/mol. The molecular formula is C8H5FOS. The van der Waals surface area contributed by atoms with Gasteiger partial charge in [0, 0.05) is 16.2 Å². The van der Waals surface area contributed by atoms with E-state index in [1.54, 1.807) is 12.1 Å². The van der Waals surface area contributed by atoms with Crippen molar-refractivity contribution in [2.45, 2.75) is 0 Å². The third-order valence-corrected chi connectivity index (χ3v) is 2.40. The molecule has 0 unspecified atom stereocenters. The van der Waals surface area contributed by atoms with Gasteiger partial charge in [0.2, 0.25) is 0 Å².